The minimum Gasteiger partial charge on any atom is -0.494 e. The first-order valence-corrected chi connectivity index (χ1v) is 7.37. The molecule has 1 amide bonds. The lowest BCUT2D eigenvalue weighted by molar-refractivity contribution is 0.0993. The fourth-order valence-corrected chi connectivity index (χ4v) is 2.05. The predicted molar refractivity (Wildman–Crippen MR) is 87.8 cm³/mol. The van der Waals surface area contributed by atoms with E-state index >= 15 is 0 Å². The summed E-state index contributed by atoms with van der Waals surface area (Å²) in [5.74, 6) is 0.607. The first-order chi connectivity index (χ1) is 10.6. The second-order valence-electron chi connectivity index (χ2n) is 4.79. The molecule has 0 fully saturated rings. The summed E-state index contributed by atoms with van der Waals surface area (Å²) in [6.45, 7) is 0.575. The minimum absolute atomic E-state index is 0.106. The number of hydrogen-bond donors (Lipinski definition) is 1. The number of hydrogen-bond acceptors (Lipinski definition) is 3. The predicted octanol–water partition coefficient (Wildman–Crippen LogP) is 3.38. The monoisotopic (exact) mass is 319 g/mol. The van der Waals surface area contributed by atoms with Gasteiger partial charge in [0.15, 0.2) is 0 Å². The van der Waals surface area contributed by atoms with Gasteiger partial charge in [0.1, 0.15) is 5.75 Å². The number of halogens is 1. The van der Waals surface area contributed by atoms with Gasteiger partial charge >= 0.3 is 0 Å². The van der Waals surface area contributed by atoms with E-state index in [-0.39, 0.29) is 12.5 Å². The highest BCUT2D eigenvalue weighted by molar-refractivity contribution is 6.30. The van der Waals surface area contributed by atoms with Gasteiger partial charge in [-0.05, 0) is 48.5 Å². The normalized spacial score (nSPS) is 10.3. The van der Waals surface area contributed by atoms with Gasteiger partial charge in [-0.1, -0.05) is 11.6 Å². The van der Waals surface area contributed by atoms with Crippen molar-refractivity contribution in [1.82, 2.24) is 0 Å². The summed E-state index contributed by atoms with van der Waals surface area (Å²) < 4.78 is 5.46. The molecule has 0 atom stereocenters. The quantitative estimate of drug-likeness (QED) is 0.830. The van der Waals surface area contributed by atoms with Crippen LogP contribution in [0.3, 0.4) is 0 Å². The van der Waals surface area contributed by atoms with Crippen molar-refractivity contribution >= 4 is 23.2 Å². The zero-order valence-electron chi connectivity index (χ0n) is 12.3. The second-order valence-corrected chi connectivity index (χ2v) is 5.23. The summed E-state index contributed by atoms with van der Waals surface area (Å²) in [5.41, 5.74) is 1.35. The van der Waals surface area contributed by atoms with Crippen LogP contribution < -0.4 is 9.64 Å². The molecule has 0 aromatic heterocycles. The first kappa shape index (κ1) is 16.3. The fraction of sp³-hybridized carbons (Fsp3) is 0.235. The van der Waals surface area contributed by atoms with E-state index in [1.807, 2.05) is 12.1 Å². The third-order valence-electron chi connectivity index (χ3n) is 3.19. The summed E-state index contributed by atoms with van der Waals surface area (Å²) in [4.78, 5) is 13.9. The summed E-state index contributed by atoms with van der Waals surface area (Å²) in [6, 6.07) is 14.0. The molecule has 2 rings (SSSR count). The van der Waals surface area contributed by atoms with Crippen LogP contribution in [0.15, 0.2) is 48.5 Å². The van der Waals surface area contributed by atoms with Crippen LogP contribution in [0.4, 0.5) is 5.69 Å². The molecule has 2 aromatic carbocycles. The van der Waals surface area contributed by atoms with E-state index in [4.69, 9.17) is 21.4 Å². The van der Waals surface area contributed by atoms with Crippen LogP contribution in [-0.4, -0.2) is 31.3 Å². The molecule has 22 heavy (non-hydrogen) atoms. The van der Waals surface area contributed by atoms with Crippen molar-refractivity contribution in [2.45, 2.75) is 6.42 Å². The van der Waals surface area contributed by atoms with Gasteiger partial charge in [0.05, 0.1) is 6.61 Å². The van der Waals surface area contributed by atoms with Crippen LogP contribution in [0.25, 0.3) is 0 Å². The molecule has 0 aliphatic carbocycles. The van der Waals surface area contributed by atoms with Crippen molar-refractivity contribution < 1.29 is 14.6 Å². The molecule has 5 heteroatoms. The zero-order chi connectivity index (χ0) is 15.9. The molecule has 0 saturated carbocycles. The molecule has 0 bridgehead atoms. The molecule has 116 valence electrons. The molecule has 4 nitrogen and oxygen atoms in total. The van der Waals surface area contributed by atoms with Gasteiger partial charge in [0.2, 0.25) is 0 Å². The minimum atomic E-state index is -0.106. The van der Waals surface area contributed by atoms with Crippen LogP contribution in [0.5, 0.6) is 5.75 Å². The topological polar surface area (TPSA) is 49.8 Å². The molecule has 0 aliphatic heterocycles. The number of anilines is 1. The number of carbonyl (C=O) groups is 1. The van der Waals surface area contributed by atoms with Crippen LogP contribution >= 0.6 is 11.6 Å². The Morgan fingerprint density at radius 2 is 1.77 bits per heavy atom. The van der Waals surface area contributed by atoms with Crippen LogP contribution in [0.2, 0.25) is 5.02 Å². The lowest BCUT2D eigenvalue weighted by Gasteiger charge is -2.18. The zero-order valence-corrected chi connectivity index (χ0v) is 13.1. The SMILES string of the molecule is CN(C(=O)c1ccc(Cl)cc1)c1ccc(OCCCO)cc1. The largest absolute Gasteiger partial charge is 0.494 e. The van der Waals surface area contributed by atoms with Crippen molar-refractivity contribution in [3.8, 4) is 5.75 Å². The Labute approximate surface area is 134 Å². The Morgan fingerprint density at radius 1 is 1.14 bits per heavy atom. The maximum Gasteiger partial charge on any atom is 0.258 e. The van der Waals surface area contributed by atoms with E-state index in [0.717, 1.165) is 5.69 Å². The van der Waals surface area contributed by atoms with Crippen molar-refractivity contribution in [3.05, 3.63) is 59.1 Å². The number of amides is 1. The van der Waals surface area contributed by atoms with Gasteiger partial charge in [-0.15, -0.1) is 0 Å². The Morgan fingerprint density at radius 3 is 2.36 bits per heavy atom. The van der Waals surface area contributed by atoms with Gasteiger partial charge in [-0.25, -0.2) is 0 Å². The van der Waals surface area contributed by atoms with Gasteiger partial charge < -0.3 is 14.7 Å². The Kier molecular flexibility index (Phi) is 5.81. The maximum absolute atomic E-state index is 12.4. The van der Waals surface area contributed by atoms with Crippen LogP contribution in [-0.2, 0) is 0 Å². The average Bonchev–Trinajstić information content (AvgIpc) is 2.55. The second kappa shape index (κ2) is 7.82. The standard InChI is InChI=1S/C17H18ClNO3/c1-19(17(21)13-3-5-14(18)6-4-13)15-7-9-16(10-8-15)22-12-2-11-20/h3-10,20H,2,11-12H2,1H3. The third kappa shape index (κ3) is 4.23. The lowest BCUT2D eigenvalue weighted by atomic mass is 10.2. The van der Waals surface area contributed by atoms with Crippen molar-refractivity contribution in [2.24, 2.45) is 0 Å². The summed E-state index contributed by atoms with van der Waals surface area (Å²) in [5, 5.41) is 9.32. The molecular formula is C17H18ClNO3. The number of benzene rings is 2. The highest BCUT2D eigenvalue weighted by atomic mass is 35.5. The van der Waals surface area contributed by atoms with E-state index in [0.29, 0.717) is 29.4 Å². The number of aliphatic hydroxyl groups is 1. The summed E-state index contributed by atoms with van der Waals surface area (Å²) >= 11 is 5.83. The summed E-state index contributed by atoms with van der Waals surface area (Å²) in [7, 11) is 1.72. The number of ether oxygens (including phenoxy) is 1. The number of aliphatic hydroxyl groups excluding tert-OH is 1. The van der Waals surface area contributed by atoms with Crippen molar-refractivity contribution in [3.63, 3.8) is 0 Å². The molecule has 0 heterocycles. The van der Waals surface area contributed by atoms with E-state index in [9.17, 15) is 4.79 Å². The van der Waals surface area contributed by atoms with Crippen molar-refractivity contribution in [2.75, 3.05) is 25.2 Å². The average molecular weight is 320 g/mol. The van der Waals surface area contributed by atoms with E-state index in [1.165, 1.54) is 0 Å². The molecule has 0 radical (unpaired) electrons. The van der Waals surface area contributed by atoms with E-state index in [2.05, 4.69) is 0 Å². The molecule has 0 aliphatic rings. The van der Waals surface area contributed by atoms with Gasteiger partial charge in [-0.3, -0.25) is 4.79 Å². The van der Waals surface area contributed by atoms with Crippen molar-refractivity contribution in [1.29, 1.82) is 0 Å². The summed E-state index contributed by atoms with van der Waals surface area (Å²) in [6.07, 6.45) is 0.594. The molecule has 0 unspecified atom stereocenters. The Bertz CT molecular complexity index is 611. The number of rotatable bonds is 6. The number of nitrogens with zero attached hydrogens (tertiary/aromatic N) is 1. The molecule has 0 saturated heterocycles. The smallest absolute Gasteiger partial charge is 0.258 e. The van der Waals surface area contributed by atoms with Crippen LogP contribution in [0.1, 0.15) is 16.8 Å². The molecule has 0 spiro atoms. The molecule has 2 aromatic rings. The van der Waals surface area contributed by atoms with E-state index < -0.39 is 0 Å². The third-order valence-corrected chi connectivity index (χ3v) is 3.44. The van der Waals surface area contributed by atoms with Gasteiger partial charge in [-0.2, -0.15) is 0 Å². The van der Waals surface area contributed by atoms with E-state index in [1.54, 1.807) is 48.3 Å². The molecule has 1 N–H and O–H groups in total. The highest BCUT2D eigenvalue weighted by Gasteiger charge is 2.13. The van der Waals surface area contributed by atoms with Gasteiger partial charge in [0, 0.05) is 36.3 Å². The van der Waals surface area contributed by atoms with Crippen LogP contribution in [0, 0.1) is 0 Å². The first-order valence-electron chi connectivity index (χ1n) is 6.99. The Hall–Kier alpha value is -2.04. The maximum atomic E-state index is 12.4. The number of carbonyl (C=O) groups excluding carboxylic acids is 1. The lowest BCUT2D eigenvalue weighted by Crippen LogP contribution is -2.26. The molecular weight excluding hydrogens is 302 g/mol. The fourth-order valence-electron chi connectivity index (χ4n) is 1.92. The highest BCUT2D eigenvalue weighted by Crippen LogP contribution is 2.21. The van der Waals surface area contributed by atoms with Gasteiger partial charge in [0.25, 0.3) is 5.91 Å². The Balaban J connectivity index is 2.04.